The Morgan fingerprint density at radius 1 is 0.976 bits per heavy atom. The highest BCUT2D eigenvalue weighted by Gasteiger charge is 2.33. The first kappa shape index (κ1) is 24.8. The van der Waals surface area contributed by atoms with Crippen LogP contribution in [0.1, 0.15) is 27.5 Å². The minimum atomic E-state index is -0.337. The van der Waals surface area contributed by atoms with Gasteiger partial charge in [-0.05, 0) is 47.5 Å². The van der Waals surface area contributed by atoms with E-state index in [1.54, 1.807) is 24.5 Å². The lowest BCUT2D eigenvalue weighted by Gasteiger charge is -2.34. The Morgan fingerprint density at radius 3 is 2.67 bits per heavy atom. The molecular weight excluding hydrogens is 529 g/mol. The van der Waals surface area contributed by atoms with Gasteiger partial charge in [0.05, 0.1) is 28.3 Å². The Morgan fingerprint density at radius 2 is 1.79 bits per heavy atom. The lowest BCUT2D eigenvalue weighted by Crippen LogP contribution is -2.44. The topological polar surface area (TPSA) is 92.9 Å². The first-order valence-electron chi connectivity index (χ1n) is 14.1. The fourth-order valence-corrected chi connectivity index (χ4v) is 6.41. The molecule has 8 rings (SSSR count). The van der Waals surface area contributed by atoms with Crippen molar-refractivity contribution in [2.45, 2.75) is 6.04 Å². The molecule has 0 saturated carbocycles. The van der Waals surface area contributed by atoms with E-state index in [9.17, 15) is 4.79 Å². The molecule has 3 aromatic heterocycles. The zero-order valence-electron chi connectivity index (χ0n) is 23.0. The summed E-state index contributed by atoms with van der Waals surface area (Å²) in [7, 11) is 2.09. The molecule has 3 aromatic carbocycles. The van der Waals surface area contributed by atoms with Crippen molar-refractivity contribution >= 4 is 33.7 Å². The fraction of sp³-hybridized carbons (Fsp3) is 0.182. The molecule has 1 aliphatic carbocycles. The summed E-state index contributed by atoms with van der Waals surface area (Å²) in [6, 6.07) is 20.9. The van der Waals surface area contributed by atoms with Crippen LogP contribution in [0.2, 0.25) is 0 Å². The van der Waals surface area contributed by atoms with Gasteiger partial charge in [-0.15, -0.1) is 0 Å². The van der Waals surface area contributed by atoms with Gasteiger partial charge in [-0.2, -0.15) is 0 Å². The van der Waals surface area contributed by atoms with Gasteiger partial charge in [0, 0.05) is 55.6 Å². The molecule has 42 heavy (non-hydrogen) atoms. The molecule has 1 unspecified atom stereocenters. The molecular formula is C33H28FN7O. The van der Waals surface area contributed by atoms with Crippen LogP contribution in [0.5, 0.6) is 0 Å². The standard InChI is InChI=1S/C33H28FN7O/c1-40-13-15-41(16-14-40)28-18-27-26(17-25(28)34)37-32(38-27)24-8-4-7-23-29(24)19-5-2-3-6-20(19)30(23)39-33(42)22-10-12-36-31-21(22)9-11-35-31/h2-12,17-18,30H,13-16H2,1H3,(H,35,36)(H,37,38)(H,39,42). The number of benzene rings is 3. The van der Waals surface area contributed by atoms with Gasteiger partial charge in [0.2, 0.25) is 0 Å². The minimum absolute atomic E-state index is 0.171. The average molecular weight is 558 g/mol. The van der Waals surface area contributed by atoms with E-state index in [0.717, 1.165) is 64.9 Å². The van der Waals surface area contributed by atoms with E-state index in [2.05, 4.69) is 55.3 Å². The number of fused-ring (bicyclic) bond motifs is 5. The third-order valence-electron chi connectivity index (χ3n) is 8.58. The quantitative estimate of drug-likeness (QED) is 0.266. The van der Waals surface area contributed by atoms with Crippen molar-refractivity contribution in [3.63, 3.8) is 0 Å². The van der Waals surface area contributed by atoms with E-state index in [4.69, 9.17) is 4.98 Å². The summed E-state index contributed by atoms with van der Waals surface area (Å²) in [5, 5.41) is 4.06. The number of anilines is 1. The van der Waals surface area contributed by atoms with Crippen molar-refractivity contribution in [2.75, 3.05) is 38.1 Å². The van der Waals surface area contributed by atoms with Crippen molar-refractivity contribution in [3.05, 3.63) is 102 Å². The van der Waals surface area contributed by atoms with Gasteiger partial charge in [0.1, 0.15) is 17.3 Å². The normalized spacial score (nSPS) is 16.6. The molecule has 0 spiro atoms. The SMILES string of the molecule is CN1CCN(c2cc3nc(-c4cccc5c4-c4ccccc4C5NC(=O)c4ccnc5[nH]ccc45)[nH]c3cc2F)CC1. The average Bonchev–Trinajstić information content (AvgIpc) is 3.73. The molecule has 9 heteroatoms. The number of aromatic nitrogens is 4. The summed E-state index contributed by atoms with van der Waals surface area (Å²) < 4.78 is 15.3. The van der Waals surface area contributed by atoms with Crippen LogP contribution in [0.4, 0.5) is 10.1 Å². The molecule has 0 bridgehead atoms. The van der Waals surface area contributed by atoms with E-state index >= 15 is 4.39 Å². The maximum absolute atomic E-state index is 15.3. The smallest absolute Gasteiger partial charge is 0.252 e. The second-order valence-corrected chi connectivity index (χ2v) is 11.1. The second-order valence-electron chi connectivity index (χ2n) is 11.1. The molecule has 6 aromatic rings. The second kappa shape index (κ2) is 9.53. The molecule has 1 amide bonds. The molecule has 1 saturated heterocycles. The van der Waals surface area contributed by atoms with Crippen molar-refractivity contribution in [1.29, 1.82) is 0 Å². The number of nitrogens with one attached hydrogen (secondary N) is 3. The Balaban J connectivity index is 1.19. The summed E-state index contributed by atoms with van der Waals surface area (Å²) >= 11 is 0. The number of halogens is 1. The highest BCUT2D eigenvalue weighted by atomic mass is 19.1. The number of imidazole rings is 1. The van der Waals surface area contributed by atoms with Gasteiger partial charge in [0.15, 0.2) is 0 Å². The van der Waals surface area contributed by atoms with Crippen molar-refractivity contribution < 1.29 is 9.18 Å². The van der Waals surface area contributed by atoms with E-state index in [-0.39, 0.29) is 17.8 Å². The summed E-state index contributed by atoms with van der Waals surface area (Å²) in [5.74, 6) is 0.249. The summed E-state index contributed by atoms with van der Waals surface area (Å²) in [4.78, 5) is 33.7. The fourth-order valence-electron chi connectivity index (χ4n) is 6.41. The number of nitrogens with zero attached hydrogens (tertiary/aromatic N) is 4. The Kier molecular flexibility index (Phi) is 5.61. The Bertz CT molecular complexity index is 2000. The number of pyridine rings is 1. The predicted octanol–water partition coefficient (Wildman–Crippen LogP) is 5.50. The number of piperazine rings is 1. The lowest BCUT2D eigenvalue weighted by molar-refractivity contribution is 0.0945. The number of hydrogen-bond donors (Lipinski definition) is 3. The number of likely N-dealkylation sites (N-methyl/N-ethyl adjacent to an activating group) is 1. The zero-order valence-corrected chi connectivity index (χ0v) is 23.0. The van der Waals surface area contributed by atoms with Gasteiger partial charge in [0.25, 0.3) is 5.91 Å². The van der Waals surface area contributed by atoms with Gasteiger partial charge in [-0.3, -0.25) is 4.79 Å². The lowest BCUT2D eigenvalue weighted by atomic mass is 9.98. The van der Waals surface area contributed by atoms with Crippen LogP contribution in [0.15, 0.2) is 79.1 Å². The van der Waals surface area contributed by atoms with Gasteiger partial charge in [-0.1, -0.05) is 42.5 Å². The molecule has 1 aliphatic heterocycles. The summed E-state index contributed by atoms with van der Waals surface area (Å²) in [5.41, 5.74) is 8.19. The largest absolute Gasteiger partial charge is 0.367 e. The minimum Gasteiger partial charge on any atom is -0.367 e. The van der Waals surface area contributed by atoms with Gasteiger partial charge < -0.3 is 25.1 Å². The molecule has 0 radical (unpaired) electrons. The predicted molar refractivity (Wildman–Crippen MR) is 162 cm³/mol. The molecule has 208 valence electrons. The summed E-state index contributed by atoms with van der Waals surface area (Å²) in [6.45, 7) is 3.35. The molecule has 1 atom stereocenters. The van der Waals surface area contributed by atoms with E-state index in [0.29, 0.717) is 28.2 Å². The molecule has 2 aliphatic rings. The van der Waals surface area contributed by atoms with E-state index < -0.39 is 0 Å². The first-order chi connectivity index (χ1) is 20.5. The van der Waals surface area contributed by atoms with Crippen LogP contribution in [-0.4, -0.2) is 64.0 Å². The molecule has 8 nitrogen and oxygen atoms in total. The Hall–Kier alpha value is -5.02. The number of aromatic amines is 2. The van der Waals surface area contributed by atoms with Crippen molar-refractivity contribution in [3.8, 4) is 22.5 Å². The van der Waals surface area contributed by atoms with E-state index in [1.165, 1.54) is 0 Å². The number of amides is 1. The third-order valence-corrected chi connectivity index (χ3v) is 8.58. The van der Waals surface area contributed by atoms with E-state index in [1.807, 2.05) is 36.4 Å². The zero-order chi connectivity index (χ0) is 28.4. The van der Waals surface area contributed by atoms with Crippen LogP contribution in [0, 0.1) is 5.82 Å². The van der Waals surface area contributed by atoms with Crippen LogP contribution in [0.3, 0.4) is 0 Å². The Labute approximate surface area is 241 Å². The van der Waals surface area contributed by atoms with Gasteiger partial charge in [-0.25, -0.2) is 14.4 Å². The molecule has 3 N–H and O–H groups in total. The third kappa shape index (κ3) is 3.88. The number of rotatable bonds is 4. The number of hydrogen-bond acceptors (Lipinski definition) is 5. The monoisotopic (exact) mass is 557 g/mol. The first-order valence-corrected chi connectivity index (χ1v) is 14.1. The van der Waals surface area contributed by atoms with Crippen molar-refractivity contribution in [1.82, 2.24) is 30.2 Å². The summed E-state index contributed by atoms with van der Waals surface area (Å²) in [6.07, 6.45) is 3.43. The number of H-pyrrole nitrogens is 2. The maximum atomic E-state index is 15.3. The maximum Gasteiger partial charge on any atom is 0.252 e. The highest BCUT2D eigenvalue weighted by Crippen LogP contribution is 2.48. The van der Waals surface area contributed by atoms with Gasteiger partial charge >= 0.3 is 0 Å². The van der Waals surface area contributed by atoms with Crippen LogP contribution in [0.25, 0.3) is 44.6 Å². The number of carbonyl (C=O) groups is 1. The van der Waals surface area contributed by atoms with Crippen molar-refractivity contribution in [2.24, 2.45) is 0 Å². The van der Waals surface area contributed by atoms with Crippen LogP contribution in [-0.2, 0) is 0 Å². The highest BCUT2D eigenvalue weighted by molar-refractivity contribution is 6.06. The molecule has 1 fully saturated rings. The molecule has 4 heterocycles. The van der Waals surface area contributed by atoms with Crippen LogP contribution < -0.4 is 10.2 Å². The van der Waals surface area contributed by atoms with Crippen LogP contribution >= 0.6 is 0 Å². The number of carbonyl (C=O) groups excluding carboxylic acids is 1.